The molecule has 0 amide bonds. The van der Waals surface area contributed by atoms with Gasteiger partial charge in [0.15, 0.2) is 5.65 Å². The summed E-state index contributed by atoms with van der Waals surface area (Å²) in [5, 5.41) is 9.49. The van der Waals surface area contributed by atoms with Crippen molar-refractivity contribution in [1.82, 2.24) is 14.0 Å². The summed E-state index contributed by atoms with van der Waals surface area (Å²) in [5.41, 5.74) is 1.02. The molecule has 3 heterocycles. The zero-order chi connectivity index (χ0) is 19.1. The second kappa shape index (κ2) is 6.18. The van der Waals surface area contributed by atoms with Crippen LogP contribution in [-0.4, -0.2) is 14.0 Å². The van der Waals surface area contributed by atoms with Crippen LogP contribution in [0.15, 0.2) is 58.3 Å². The van der Waals surface area contributed by atoms with Gasteiger partial charge in [-0.05, 0) is 42.3 Å². The van der Waals surface area contributed by atoms with E-state index in [0.29, 0.717) is 11.2 Å². The number of benzene rings is 1. The number of fused-ring (bicyclic) bond motifs is 2. The largest absolute Gasteiger partial charge is 0.287 e. The van der Waals surface area contributed by atoms with Crippen LogP contribution in [0.4, 0.5) is 4.39 Å². The molecule has 0 unspecified atom stereocenters. The van der Waals surface area contributed by atoms with Gasteiger partial charge in [0.25, 0.3) is 11.1 Å². The number of nitriles is 1. The first-order chi connectivity index (χ1) is 13.0. The van der Waals surface area contributed by atoms with Gasteiger partial charge in [-0.15, -0.1) is 0 Å². The number of hydrogen-bond acceptors (Lipinski definition) is 4. The van der Waals surface area contributed by atoms with E-state index in [4.69, 9.17) is 0 Å². The first kappa shape index (κ1) is 16.7. The summed E-state index contributed by atoms with van der Waals surface area (Å²) in [6, 6.07) is 12.3. The van der Waals surface area contributed by atoms with E-state index in [-0.39, 0.29) is 34.5 Å². The number of pyridine rings is 2. The number of nitrogens with zero attached hydrogens (tertiary/aromatic N) is 4. The van der Waals surface area contributed by atoms with Gasteiger partial charge in [-0.3, -0.25) is 18.6 Å². The van der Waals surface area contributed by atoms with Crippen LogP contribution in [0, 0.1) is 24.1 Å². The molecule has 0 radical (unpaired) electrons. The quantitative estimate of drug-likeness (QED) is 0.514. The molecule has 3 aromatic heterocycles. The molecule has 0 aliphatic heterocycles. The van der Waals surface area contributed by atoms with Crippen molar-refractivity contribution < 1.29 is 4.39 Å². The number of halogens is 1. The summed E-state index contributed by atoms with van der Waals surface area (Å²) in [6.07, 6.45) is 1.60. The molecule has 0 atom stereocenters. The topological polar surface area (TPSA) is 80.2 Å². The molecular weight excluding hydrogens is 347 g/mol. The van der Waals surface area contributed by atoms with Crippen LogP contribution in [-0.2, 0) is 6.54 Å². The van der Waals surface area contributed by atoms with E-state index in [2.05, 4.69) is 4.98 Å². The zero-order valence-electron chi connectivity index (χ0n) is 14.3. The lowest BCUT2D eigenvalue weighted by molar-refractivity contribution is 0.626. The molecule has 7 heteroatoms. The Kier molecular flexibility index (Phi) is 3.81. The number of aryl methyl sites for hydroxylation is 1. The van der Waals surface area contributed by atoms with Crippen molar-refractivity contribution in [2.45, 2.75) is 13.5 Å². The van der Waals surface area contributed by atoms with E-state index in [1.807, 2.05) is 19.1 Å². The van der Waals surface area contributed by atoms with Gasteiger partial charge in [-0.1, -0.05) is 18.2 Å². The highest BCUT2D eigenvalue weighted by Gasteiger charge is 2.16. The van der Waals surface area contributed by atoms with Gasteiger partial charge >= 0.3 is 0 Å². The first-order valence-electron chi connectivity index (χ1n) is 8.19. The Morgan fingerprint density at radius 1 is 1.11 bits per heavy atom. The molecular formula is C20H13FN4O2. The lowest BCUT2D eigenvalue weighted by Gasteiger charge is -2.12. The van der Waals surface area contributed by atoms with Gasteiger partial charge in [-0.25, -0.2) is 9.37 Å². The van der Waals surface area contributed by atoms with Gasteiger partial charge in [0.05, 0.1) is 11.9 Å². The molecule has 27 heavy (non-hydrogen) atoms. The third-order valence-corrected chi connectivity index (χ3v) is 4.46. The summed E-state index contributed by atoms with van der Waals surface area (Å²) in [6.45, 7) is 1.89. The molecule has 132 valence electrons. The van der Waals surface area contributed by atoms with Crippen molar-refractivity contribution in [1.29, 1.82) is 5.26 Å². The predicted molar refractivity (Wildman–Crippen MR) is 98.2 cm³/mol. The SMILES string of the molecule is Cc1cccn2c(=O)c3cc(C#N)c(=O)n(Cc4ccc(F)cc4)c3nc12. The first-order valence-corrected chi connectivity index (χ1v) is 8.19. The highest BCUT2D eigenvalue weighted by molar-refractivity contribution is 5.78. The second-order valence-corrected chi connectivity index (χ2v) is 6.23. The van der Waals surface area contributed by atoms with Crippen molar-refractivity contribution in [3.8, 4) is 6.07 Å². The maximum absolute atomic E-state index is 13.2. The minimum absolute atomic E-state index is 0.0691. The molecule has 0 aliphatic carbocycles. The third kappa shape index (κ3) is 2.68. The van der Waals surface area contributed by atoms with Crippen LogP contribution in [0.3, 0.4) is 0 Å². The third-order valence-electron chi connectivity index (χ3n) is 4.46. The molecule has 4 rings (SSSR count). The minimum Gasteiger partial charge on any atom is -0.287 e. The Hall–Kier alpha value is -3.79. The van der Waals surface area contributed by atoms with E-state index in [0.717, 1.165) is 5.56 Å². The Balaban J connectivity index is 2.11. The summed E-state index contributed by atoms with van der Waals surface area (Å²) in [4.78, 5) is 30.2. The van der Waals surface area contributed by atoms with E-state index in [9.17, 15) is 19.2 Å². The summed E-state index contributed by atoms with van der Waals surface area (Å²) < 4.78 is 15.9. The zero-order valence-corrected chi connectivity index (χ0v) is 14.3. The molecule has 0 N–H and O–H groups in total. The number of rotatable bonds is 2. The van der Waals surface area contributed by atoms with Gasteiger partial charge in [0.1, 0.15) is 23.1 Å². The minimum atomic E-state index is -0.542. The monoisotopic (exact) mass is 360 g/mol. The van der Waals surface area contributed by atoms with E-state index in [1.165, 1.54) is 27.2 Å². The van der Waals surface area contributed by atoms with E-state index < -0.39 is 5.56 Å². The molecule has 0 saturated carbocycles. The number of aromatic nitrogens is 3. The van der Waals surface area contributed by atoms with Crippen LogP contribution < -0.4 is 11.1 Å². The maximum Gasteiger partial charge on any atom is 0.270 e. The van der Waals surface area contributed by atoms with Gasteiger partial charge in [0.2, 0.25) is 0 Å². The van der Waals surface area contributed by atoms with E-state index >= 15 is 0 Å². The van der Waals surface area contributed by atoms with Gasteiger partial charge < -0.3 is 0 Å². The maximum atomic E-state index is 13.2. The Morgan fingerprint density at radius 2 is 1.85 bits per heavy atom. The molecule has 6 nitrogen and oxygen atoms in total. The van der Waals surface area contributed by atoms with Crippen LogP contribution in [0.2, 0.25) is 0 Å². The fourth-order valence-electron chi connectivity index (χ4n) is 3.08. The smallest absolute Gasteiger partial charge is 0.270 e. The van der Waals surface area contributed by atoms with Gasteiger partial charge in [0, 0.05) is 6.20 Å². The van der Waals surface area contributed by atoms with Crippen molar-refractivity contribution in [2.24, 2.45) is 0 Å². The highest BCUT2D eigenvalue weighted by Crippen LogP contribution is 2.14. The van der Waals surface area contributed by atoms with Crippen LogP contribution in [0.1, 0.15) is 16.7 Å². The van der Waals surface area contributed by atoms with Crippen molar-refractivity contribution >= 4 is 16.7 Å². The molecule has 0 spiro atoms. The average Bonchev–Trinajstić information content (AvgIpc) is 2.67. The van der Waals surface area contributed by atoms with Crippen molar-refractivity contribution in [2.75, 3.05) is 0 Å². The molecule has 0 saturated heterocycles. The van der Waals surface area contributed by atoms with Crippen molar-refractivity contribution in [3.05, 3.63) is 91.9 Å². The fourth-order valence-corrected chi connectivity index (χ4v) is 3.08. The molecule has 0 bridgehead atoms. The highest BCUT2D eigenvalue weighted by atomic mass is 19.1. The summed E-state index contributed by atoms with van der Waals surface area (Å²) in [5.74, 6) is -0.389. The van der Waals surface area contributed by atoms with Crippen LogP contribution >= 0.6 is 0 Å². The van der Waals surface area contributed by atoms with Crippen LogP contribution in [0.5, 0.6) is 0 Å². The summed E-state index contributed by atoms with van der Waals surface area (Å²) >= 11 is 0. The lowest BCUT2D eigenvalue weighted by atomic mass is 10.2. The fraction of sp³-hybridized carbons (Fsp3) is 0.100. The van der Waals surface area contributed by atoms with Crippen LogP contribution in [0.25, 0.3) is 16.7 Å². The molecule has 0 fully saturated rings. The number of hydrogen-bond donors (Lipinski definition) is 0. The second-order valence-electron chi connectivity index (χ2n) is 6.23. The van der Waals surface area contributed by atoms with Gasteiger partial charge in [-0.2, -0.15) is 5.26 Å². The Bertz CT molecular complexity index is 1360. The summed E-state index contributed by atoms with van der Waals surface area (Å²) in [7, 11) is 0. The molecule has 0 aliphatic rings. The Labute approximate surface area is 152 Å². The van der Waals surface area contributed by atoms with Crippen molar-refractivity contribution in [3.63, 3.8) is 0 Å². The Morgan fingerprint density at radius 3 is 2.56 bits per heavy atom. The van der Waals surface area contributed by atoms with E-state index in [1.54, 1.807) is 24.4 Å². The molecule has 1 aromatic carbocycles. The normalized spacial score (nSPS) is 11.0. The molecule has 4 aromatic rings. The lowest BCUT2D eigenvalue weighted by Crippen LogP contribution is -2.28. The standard InChI is InChI=1S/C20H13FN4O2/c1-12-3-2-8-24-17(12)23-18-16(20(24)27)9-14(10-22)19(26)25(18)11-13-4-6-15(21)7-5-13/h2-9H,11H2,1H3. The average molecular weight is 360 g/mol. The predicted octanol–water partition coefficient (Wildman–Crippen LogP) is 2.38.